The Labute approximate surface area is 229 Å². The van der Waals surface area contributed by atoms with Crippen molar-refractivity contribution >= 4 is 47.5 Å². The molecule has 1 aromatic carbocycles. The lowest BCUT2D eigenvalue weighted by atomic mass is 9.97. The first-order chi connectivity index (χ1) is 18.4. The van der Waals surface area contributed by atoms with Gasteiger partial charge in [0.05, 0.1) is 7.11 Å². The van der Waals surface area contributed by atoms with Crippen molar-refractivity contribution in [3.63, 3.8) is 0 Å². The highest BCUT2D eigenvalue weighted by Crippen LogP contribution is 2.33. The summed E-state index contributed by atoms with van der Waals surface area (Å²) in [5, 5.41) is 5.25. The Morgan fingerprint density at radius 1 is 0.923 bits per heavy atom. The summed E-state index contributed by atoms with van der Waals surface area (Å²) in [5.41, 5.74) is -0.687. The number of carbonyl (C=O) groups is 6. The van der Waals surface area contributed by atoms with Gasteiger partial charge in [0.1, 0.15) is 30.2 Å². The molecule has 0 spiro atoms. The van der Waals surface area contributed by atoms with E-state index in [1.54, 1.807) is 30.3 Å². The van der Waals surface area contributed by atoms with E-state index in [2.05, 4.69) is 10.6 Å². The van der Waals surface area contributed by atoms with Gasteiger partial charge in [0.25, 0.3) is 5.91 Å². The summed E-state index contributed by atoms with van der Waals surface area (Å²) in [6.07, 6.45) is -3.58. The van der Waals surface area contributed by atoms with Crippen LogP contribution in [-0.4, -0.2) is 91.0 Å². The number of ether oxygens (including phenoxy) is 5. The van der Waals surface area contributed by atoms with E-state index < -0.39 is 71.5 Å². The van der Waals surface area contributed by atoms with Gasteiger partial charge < -0.3 is 34.3 Å². The molecule has 6 atom stereocenters. The average molecular weight is 569 g/mol. The second-order valence-electron chi connectivity index (χ2n) is 8.47. The van der Waals surface area contributed by atoms with Crippen LogP contribution >= 0.6 is 11.8 Å². The molecule has 0 aromatic heterocycles. The van der Waals surface area contributed by atoms with Crippen LogP contribution in [0.1, 0.15) is 38.1 Å². The maximum Gasteiger partial charge on any atom is 0.329 e. The summed E-state index contributed by atoms with van der Waals surface area (Å²) >= 11 is 1.00. The lowest BCUT2D eigenvalue weighted by Gasteiger charge is -2.45. The number of thioether (sulfide) groups is 1. The number of amides is 2. The topological polar surface area (TPSA) is 173 Å². The number of carbonyl (C=O) groups excluding carboxylic acids is 6. The monoisotopic (exact) mass is 568 g/mol. The quantitative estimate of drug-likeness (QED) is 0.277. The van der Waals surface area contributed by atoms with Crippen LogP contribution in [0.25, 0.3) is 0 Å². The zero-order chi connectivity index (χ0) is 29.1. The SMILES string of the molecule is COC(=O)[C@H](CS[C@H]1O[C@H](COC(C)=O)[C@@H](OC(C)=O)[C@H](OC(C)=O)[C@H]1NC(C)=O)NC(=O)c1ccccc1. The van der Waals surface area contributed by atoms with E-state index in [9.17, 15) is 28.8 Å². The van der Waals surface area contributed by atoms with Gasteiger partial charge in [-0.3, -0.25) is 24.0 Å². The molecule has 0 unspecified atom stereocenters. The van der Waals surface area contributed by atoms with Gasteiger partial charge in [-0.05, 0) is 12.1 Å². The molecule has 2 N–H and O–H groups in total. The molecule has 39 heavy (non-hydrogen) atoms. The number of hydrogen-bond acceptors (Lipinski definition) is 12. The molecular formula is C25H32N2O11S. The van der Waals surface area contributed by atoms with Gasteiger partial charge in [-0.2, -0.15) is 0 Å². The Hall–Kier alpha value is -3.65. The van der Waals surface area contributed by atoms with Gasteiger partial charge in [0, 0.05) is 39.0 Å². The summed E-state index contributed by atoms with van der Waals surface area (Å²) < 4.78 is 26.8. The maximum absolute atomic E-state index is 12.7. The van der Waals surface area contributed by atoms with E-state index in [0.717, 1.165) is 25.6 Å². The van der Waals surface area contributed by atoms with Crippen molar-refractivity contribution in [3.8, 4) is 0 Å². The molecule has 0 aliphatic carbocycles. The largest absolute Gasteiger partial charge is 0.467 e. The van der Waals surface area contributed by atoms with E-state index in [4.69, 9.17) is 23.7 Å². The molecule has 1 aliphatic heterocycles. The minimum atomic E-state index is -1.24. The first-order valence-corrected chi connectivity index (χ1v) is 12.9. The van der Waals surface area contributed by atoms with Gasteiger partial charge in [-0.25, -0.2) is 4.79 Å². The van der Waals surface area contributed by atoms with Crippen LogP contribution in [0.15, 0.2) is 30.3 Å². The van der Waals surface area contributed by atoms with Crippen molar-refractivity contribution in [2.24, 2.45) is 0 Å². The van der Waals surface area contributed by atoms with Crippen molar-refractivity contribution in [2.45, 2.75) is 63.5 Å². The third kappa shape index (κ3) is 9.87. The third-order valence-corrected chi connectivity index (χ3v) is 6.58. The van der Waals surface area contributed by atoms with Gasteiger partial charge in [0.15, 0.2) is 12.2 Å². The van der Waals surface area contributed by atoms with Gasteiger partial charge in [-0.15, -0.1) is 11.8 Å². The molecule has 1 heterocycles. The van der Waals surface area contributed by atoms with Crippen LogP contribution in [0.4, 0.5) is 0 Å². The van der Waals surface area contributed by atoms with Crippen LogP contribution in [0.2, 0.25) is 0 Å². The maximum atomic E-state index is 12.7. The molecule has 13 nitrogen and oxygen atoms in total. The highest BCUT2D eigenvalue weighted by Gasteiger charge is 2.51. The number of nitrogens with one attached hydrogen (secondary N) is 2. The fourth-order valence-electron chi connectivity index (χ4n) is 3.77. The zero-order valence-corrected chi connectivity index (χ0v) is 23.0. The lowest BCUT2D eigenvalue weighted by molar-refractivity contribution is -0.211. The Kier molecular flexibility index (Phi) is 12.2. The molecule has 2 amide bonds. The fraction of sp³-hybridized carbons (Fsp3) is 0.520. The standard InChI is InChI=1S/C25H32N2O11S/c1-13(28)26-20-22(37-16(4)31)21(36-15(3)30)19(11-35-14(2)29)38-25(20)39-12-18(24(33)34-5)27-23(32)17-9-7-6-8-10-17/h6-10,18-22,25H,11-12H2,1-5H3,(H,26,28)(H,27,32)/t18-,19+,20+,21+,22+,25+/m0/s1. The molecule has 0 bridgehead atoms. The van der Waals surface area contributed by atoms with Crippen molar-refractivity contribution < 1.29 is 52.5 Å². The number of esters is 4. The summed E-state index contributed by atoms with van der Waals surface area (Å²) in [6.45, 7) is 4.32. The summed E-state index contributed by atoms with van der Waals surface area (Å²) in [5.74, 6) is -3.93. The van der Waals surface area contributed by atoms with Crippen molar-refractivity contribution in [1.29, 1.82) is 0 Å². The Balaban J connectivity index is 2.36. The lowest BCUT2D eigenvalue weighted by Crippen LogP contribution is -2.65. The molecule has 2 rings (SSSR count). The Bertz CT molecular complexity index is 1050. The summed E-state index contributed by atoms with van der Waals surface area (Å²) in [4.78, 5) is 72.6. The zero-order valence-electron chi connectivity index (χ0n) is 22.2. The first kappa shape index (κ1) is 31.6. The van der Waals surface area contributed by atoms with Crippen molar-refractivity contribution in [2.75, 3.05) is 19.5 Å². The number of hydrogen-bond donors (Lipinski definition) is 2. The van der Waals surface area contributed by atoms with E-state index >= 15 is 0 Å². The molecule has 0 radical (unpaired) electrons. The normalized spacial score (nSPS) is 22.9. The highest BCUT2D eigenvalue weighted by atomic mass is 32.2. The van der Waals surface area contributed by atoms with Crippen molar-refractivity contribution in [1.82, 2.24) is 10.6 Å². The predicted octanol–water partition coefficient (Wildman–Crippen LogP) is 0.347. The number of rotatable bonds is 11. The van der Waals surface area contributed by atoms with E-state index in [-0.39, 0.29) is 12.4 Å². The summed E-state index contributed by atoms with van der Waals surface area (Å²) in [7, 11) is 1.17. The minimum absolute atomic E-state index is 0.0860. The molecule has 214 valence electrons. The van der Waals surface area contributed by atoms with Gasteiger partial charge in [0.2, 0.25) is 5.91 Å². The fourth-order valence-corrected chi connectivity index (χ4v) is 5.02. The van der Waals surface area contributed by atoms with Crippen LogP contribution in [-0.2, 0) is 47.7 Å². The number of methoxy groups -OCH3 is 1. The van der Waals surface area contributed by atoms with Crippen LogP contribution < -0.4 is 10.6 Å². The highest BCUT2D eigenvalue weighted by molar-refractivity contribution is 7.99. The smallest absolute Gasteiger partial charge is 0.329 e. The third-order valence-electron chi connectivity index (χ3n) is 5.33. The minimum Gasteiger partial charge on any atom is -0.467 e. The molecule has 14 heteroatoms. The molecule has 1 fully saturated rings. The van der Waals surface area contributed by atoms with E-state index in [1.807, 2.05) is 0 Å². The Morgan fingerprint density at radius 3 is 2.08 bits per heavy atom. The second kappa shape index (κ2) is 15.1. The van der Waals surface area contributed by atoms with Crippen LogP contribution in [0, 0.1) is 0 Å². The van der Waals surface area contributed by atoms with Crippen LogP contribution in [0.5, 0.6) is 0 Å². The average Bonchev–Trinajstić information content (AvgIpc) is 2.87. The van der Waals surface area contributed by atoms with Gasteiger partial charge in [-0.1, -0.05) is 18.2 Å². The van der Waals surface area contributed by atoms with E-state index in [1.165, 1.54) is 21.0 Å². The molecule has 1 saturated heterocycles. The number of benzene rings is 1. The predicted molar refractivity (Wildman–Crippen MR) is 136 cm³/mol. The van der Waals surface area contributed by atoms with E-state index in [0.29, 0.717) is 5.56 Å². The van der Waals surface area contributed by atoms with Crippen molar-refractivity contribution in [3.05, 3.63) is 35.9 Å². The summed E-state index contributed by atoms with van der Waals surface area (Å²) in [6, 6.07) is 6.04. The first-order valence-electron chi connectivity index (χ1n) is 11.9. The molecule has 0 saturated carbocycles. The Morgan fingerprint density at radius 2 is 1.54 bits per heavy atom. The molecule has 1 aliphatic rings. The second-order valence-corrected chi connectivity index (χ2v) is 9.60. The molecular weight excluding hydrogens is 536 g/mol. The van der Waals surface area contributed by atoms with Gasteiger partial charge >= 0.3 is 23.9 Å². The molecule has 1 aromatic rings. The van der Waals surface area contributed by atoms with Crippen LogP contribution in [0.3, 0.4) is 0 Å².